The van der Waals surface area contributed by atoms with Crippen LogP contribution in [0.2, 0.25) is 5.02 Å². The predicted octanol–water partition coefficient (Wildman–Crippen LogP) is 4.31. The summed E-state index contributed by atoms with van der Waals surface area (Å²) in [6.45, 7) is 5.64. The molecule has 0 atom stereocenters. The zero-order valence-corrected chi connectivity index (χ0v) is 17.8. The summed E-state index contributed by atoms with van der Waals surface area (Å²) in [6.07, 6.45) is 0. The van der Waals surface area contributed by atoms with E-state index in [1.54, 1.807) is 43.3 Å². The van der Waals surface area contributed by atoms with E-state index in [4.69, 9.17) is 21.1 Å². The van der Waals surface area contributed by atoms with Crippen LogP contribution in [0.25, 0.3) is 10.2 Å². The summed E-state index contributed by atoms with van der Waals surface area (Å²) in [7, 11) is 0. The number of esters is 1. The molecule has 2 aromatic carbocycles. The molecule has 0 aliphatic carbocycles. The van der Waals surface area contributed by atoms with Crippen molar-refractivity contribution >= 4 is 45.0 Å². The Kier molecular flexibility index (Phi) is 7.19. The first-order chi connectivity index (χ1) is 14.0. The molecule has 0 unspecified atom stereocenters. The monoisotopic (exact) mass is 432 g/mol. The summed E-state index contributed by atoms with van der Waals surface area (Å²) in [5.41, 5.74) is 1.80. The Labute approximate surface area is 177 Å². The number of halogens is 1. The number of carbonyl (C=O) groups is 2. The highest BCUT2D eigenvalue weighted by Gasteiger charge is 2.13. The first-order valence-electron chi connectivity index (χ1n) is 9.26. The summed E-state index contributed by atoms with van der Waals surface area (Å²) < 4.78 is 13.3. The van der Waals surface area contributed by atoms with Crippen LogP contribution in [0, 0.1) is 0 Å². The molecule has 3 rings (SSSR count). The van der Waals surface area contributed by atoms with Gasteiger partial charge in [0.25, 0.3) is 5.91 Å². The van der Waals surface area contributed by atoms with Gasteiger partial charge in [0.1, 0.15) is 0 Å². The molecule has 0 saturated carbocycles. The van der Waals surface area contributed by atoms with E-state index in [0.717, 1.165) is 10.2 Å². The van der Waals surface area contributed by atoms with Gasteiger partial charge in [-0.1, -0.05) is 22.9 Å². The number of aromatic nitrogens is 1. The Hall–Kier alpha value is -2.48. The van der Waals surface area contributed by atoms with E-state index < -0.39 is 0 Å². The normalized spacial score (nSPS) is 11.8. The lowest BCUT2D eigenvalue weighted by molar-refractivity contribution is 0.0526. The van der Waals surface area contributed by atoms with E-state index in [-0.39, 0.29) is 11.9 Å². The zero-order valence-electron chi connectivity index (χ0n) is 16.2. The topological polar surface area (TPSA) is 69.9 Å². The third kappa shape index (κ3) is 5.12. The number of ether oxygens (including phenoxy) is 2. The average Bonchev–Trinajstić information content (AvgIpc) is 3.05. The Morgan fingerprint density at radius 2 is 1.79 bits per heavy atom. The van der Waals surface area contributed by atoms with Gasteiger partial charge in [-0.25, -0.2) is 4.79 Å². The Bertz CT molecular complexity index is 1090. The molecule has 1 amide bonds. The van der Waals surface area contributed by atoms with Gasteiger partial charge in [0.05, 0.1) is 29.0 Å². The summed E-state index contributed by atoms with van der Waals surface area (Å²) in [6, 6.07) is 11.9. The highest BCUT2D eigenvalue weighted by molar-refractivity contribution is 7.16. The first-order valence-corrected chi connectivity index (χ1v) is 10.5. The lowest BCUT2D eigenvalue weighted by Crippen LogP contribution is -2.19. The number of hydrogen-bond donors (Lipinski definition) is 0. The molecule has 0 radical (unpaired) electrons. The highest BCUT2D eigenvalue weighted by Crippen LogP contribution is 2.20. The molecule has 0 N–H and O–H groups in total. The highest BCUT2D eigenvalue weighted by atomic mass is 35.5. The van der Waals surface area contributed by atoms with Gasteiger partial charge >= 0.3 is 5.97 Å². The molecule has 29 heavy (non-hydrogen) atoms. The molecule has 0 bridgehead atoms. The van der Waals surface area contributed by atoms with Crippen molar-refractivity contribution < 1.29 is 19.1 Å². The van der Waals surface area contributed by atoms with Gasteiger partial charge in [-0.3, -0.25) is 4.79 Å². The third-order valence-electron chi connectivity index (χ3n) is 4.15. The Balaban J connectivity index is 2.05. The van der Waals surface area contributed by atoms with Crippen LogP contribution in [0.15, 0.2) is 47.5 Å². The maximum Gasteiger partial charge on any atom is 0.338 e. The van der Waals surface area contributed by atoms with Gasteiger partial charge < -0.3 is 14.0 Å². The SMILES string of the molecule is CCOCCn1c(=NC(=O)c2ccc(Cl)cc2)sc2cc(C(=O)OCC)ccc21. The van der Waals surface area contributed by atoms with Gasteiger partial charge in [0, 0.05) is 23.7 Å². The Morgan fingerprint density at radius 3 is 2.48 bits per heavy atom. The van der Waals surface area contributed by atoms with Crippen molar-refractivity contribution in [3.63, 3.8) is 0 Å². The van der Waals surface area contributed by atoms with Crippen LogP contribution in [-0.4, -0.2) is 36.3 Å². The maximum atomic E-state index is 12.6. The fraction of sp³-hybridized carbons (Fsp3) is 0.286. The van der Waals surface area contributed by atoms with E-state index in [9.17, 15) is 9.59 Å². The average molecular weight is 433 g/mol. The smallest absolute Gasteiger partial charge is 0.338 e. The van der Waals surface area contributed by atoms with Crippen LogP contribution in [0.1, 0.15) is 34.6 Å². The minimum Gasteiger partial charge on any atom is -0.462 e. The number of thiazole rings is 1. The molecular weight excluding hydrogens is 412 g/mol. The van der Waals surface area contributed by atoms with Gasteiger partial charge in [0.15, 0.2) is 4.80 Å². The van der Waals surface area contributed by atoms with Gasteiger partial charge in [-0.15, -0.1) is 0 Å². The van der Waals surface area contributed by atoms with Crippen LogP contribution >= 0.6 is 22.9 Å². The third-order valence-corrected chi connectivity index (χ3v) is 5.44. The Morgan fingerprint density at radius 1 is 1.07 bits per heavy atom. The predicted molar refractivity (Wildman–Crippen MR) is 114 cm³/mol. The maximum absolute atomic E-state index is 12.6. The molecule has 0 spiro atoms. The van der Waals surface area contributed by atoms with E-state index in [0.29, 0.717) is 47.3 Å². The molecule has 3 aromatic rings. The number of hydrogen-bond acceptors (Lipinski definition) is 5. The van der Waals surface area contributed by atoms with E-state index >= 15 is 0 Å². The second kappa shape index (κ2) is 9.82. The van der Waals surface area contributed by atoms with Crippen molar-refractivity contribution in [3.8, 4) is 0 Å². The quantitative estimate of drug-likeness (QED) is 0.412. The summed E-state index contributed by atoms with van der Waals surface area (Å²) >= 11 is 7.24. The molecule has 1 heterocycles. The van der Waals surface area contributed by atoms with Crippen LogP contribution in [0.5, 0.6) is 0 Å². The number of benzene rings is 2. The van der Waals surface area contributed by atoms with Crippen molar-refractivity contribution in [2.24, 2.45) is 4.99 Å². The number of fused-ring (bicyclic) bond motifs is 1. The standard InChI is InChI=1S/C21H21ClN2O4S/c1-3-27-12-11-24-17-10-7-15(20(26)28-4-2)13-18(17)29-21(24)23-19(25)14-5-8-16(22)9-6-14/h5-10,13H,3-4,11-12H2,1-2H3. The molecule has 152 valence electrons. The van der Waals surface area contributed by atoms with Crippen molar-refractivity contribution in [1.29, 1.82) is 0 Å². The van der Waals surface area contributed by atoms with Crippen molar-refractivity contribution in [2.45, 2.75) is 20.4 Å². The molecular formula is C21H21ClN2O4S. The van der Waals surface area contributed by atoms with Crippen LogP contribution in [0.3, 0.4) is 0 Å². The molecule has 0 fully saturated rings. The number of rotatable bonds is 7. The molecule has 0 aliphatic rings. The van der Waals surface area contributed by atoms with Crippen LogP contribution in [0.4, 0.5) is 0 Å². The minimum absolute atomic E-state index is 0.311. The zero-order chi connectivity index (χ0) is 20.8. The number of nitrogens with zero attached hydrogens (tertiary/aromatic N) is 2. The molecule has 8 heteroatoms. The minimum atomic E-state index is -0.376. The lowest BCUT2D eigenvalue weighted by atomic mass is 10.2. The van der Waals surface area contributed by atoms with Crippen molar-refractivity contribution in [1.82, 2.24) is 4.57 Å². The van der Waals surface area contributed by atoms with E-state index in [1.807, 2.05) is 17.6 Å². The number of carbonyl (C=O) groups excluding carboxylic acids is 2. The van der Waals surface area contributed by atoms with Crippen LogP contribution < -0.4 is 4.80 Å². The lowest BCUT2D eigenvalue weighted by Gasteiger charge is -2.06. The summed E-state index contributed by atoms with van der Waals surface area (Å²) in [4.78, 5) is 29.5. The molecule has 0 aliphatic heterocycles. The van der Waals surface area contributed by atoms with Crippen molar-refractivity contribution in [2.75, 3.05) is 19.8 Å². The summed E-state index contributed by atoms with van der Waals surface area (Å²) in [5.74, 6) is -0.733. The van der Waals surface area contributed by atoms with Gasteiger partial charge in [0.2, 0.25) is 0 Å². The molecule has 1 aromatic heterocycles. The first kappa shape index (κ1) is 21.2. The second-order valence-corrected chi connectivity index (χ2v) is 7.51. The van der Waals surface area contributed by atoms with E-state index in [2.05, 4.69) is 4.99 Å². The summed E-state index contributed by atoms with van der Waals surface area (Å²) in [5, 5.41) is 0.557. The van der Waals surface area contributed by atoms with Crippen LogP contribution in [-0.2, 0) is 16.0 Å². The van der Waals surface area contributed by atoms with Crippen molar-refractivity contribution in [3.05, 3.63) is 63.4 Å². The van der Waals surface area contributed by atoms with Gasteiger partial charge in [-0.2, -0.15) is 4.99 Å². The van der Waals surface area contributed by atoms with E-state index in [1.165, 1.54) is 11.3 Å². The van der Waals surface area contributed by atoms with Gasteiger partial charge in [-0.05, 0) is 56.3 Å². The number of amides is 1. The second-order valence-electron chi connectivity index (χ2n) is 6.06. The fourth-order valence-electron chi connectivity index (χ4n) is 2.76. The molecule has 6 nitrogen and oxygen atoms in total. The molecule has 0 saturated heterocycles. The fourth-order valence-corrected chi connectivity index (χ4v) is 3.98. The largest absolute Gasteiger partial charge is 0.462 e.